The van der Waals surface area contributed by atoms with E-state index >= 15 is 0 Å². The van der Waals surface area contributed by atoms with Crippen LogP contribution < -0.4 is 20.9 Å². The van der Waals surface area contributed by atoms with E-state index in [0.29, 0.717) is 17.8 Å². The first-order valence-corrected chi connectivity index (χ1v) is 10.7. The number of allylic oxidation sites excluding steroid dienone is 2. The number of benzene rings is 3. The second-order valence-electron chi connectivity index (χ2n) is 7.97. The van der Waals surface area contributed by atoms with E-state index in [9.17, 15) is 0 Å². The van der Waals surface area contributed by atoms with Gasteiger partial charge in [-0.1, -0.05) is 55.5 Å². The van der Waals surface area contributed by atoms with Crippen molar-refractivity contribution in [2.45, 2.75) is 25.7 Å². The predicted octanol–water partition coefficient (Wildman–Crippen LogP) is 6.31. The highest BCUT2D eigenvalue weighted by Crippen LogP contribution is 2.44. The molecule has 0 aliphatic heterocycles. The number of nitrogens with two attached hydrogens (primary N) is 2. The van der Waals surface area contributed by atoms with Gasteiger partial charge in [-0.2, -0.15) is 0 Å². The van der Waals surface area contributed by atoms with Gasteiger partial charge in [-0.15, -0.1) is 0 Å². The number of hydrogen-bond acceptors (Lipinski definition) is 4. The minimum Gasteiger partial charge on any atom is -0.497 e. The molecule has 0 radical (unpaired) electrons. The fraction of sp³-hybridized carbons (Fsp3) is 0.214. The summed E-state index contributed by atoms with van der Waals surface area (Å²) in [6.45, 7) is 4.18. The molecule has 0 saturated heterocycles. The van der Waals surface area contributed by atoms with Crippen LogP contribution in [0.2, 0.25) is 0 Å². The van der Waals surface area contributed by atoms with Crippen molar-refractivity contribution in [1.82, 2.24) is 0 Å². The van der Waals surface area contributed by atoms with Gasteiger partial charge in [0.2, 0.25) is 0 Å². The van der Waals surface area contributed by atoms with Gasteiger partial charge in [0.15, 0.2) is 0 Å². The summed E-state index contributed by atoms with van der Waals surface area (Å²) in [5.74, 6) is 1.51. The summed E-state index contributed by atoms with van der Waals surface area (Å²) in [5, 5.41) is 0. The third kappa shape index (κ3) is 4.80. The summed E-state index contributed by atoms with van der Waals surface area (Å²) in [6, 6.07) is 19.8. The summed E-state index contributed by atoms with van der Waals surface area (Å²) < 4.78 is 11.0. The molecule has 0 spiro atoms. The van der Waals surface area contributed by atoms with Crippen molar-refractivity contribution in [3.63, 3.8) is 0 Å². The molecule has 3 aromatic carbocycles. The summed E-state index contributed by atoms with van der Waals surface area (Å²) in [4.78, 5) is 0. The molecule has 0 saturated carbocycles. The molecule has 4 nitrogen and oxygen atoms in total. The molecule has 0 amide bonds. The molecule has 4 heteroatoms. The van der Waals surface area contributed by atoms with Crippen LogP contribution in [0.5, 0.6) is 11.5 Å². The molecule has 0 atom stereocenters. The maximum atomic E-state index is 6.47. The normalized spacial score (nSPS) is 11.9. The number of methoxy groups -OCH3 is 2. The molecule has 0 heterocycles. The lowest BCUT2D eigenvalue weighted by Crippen LogP contribution is -2.26. The minimum atomic E-state index is -0.497. The molecule has 3 aromatic rings. The fourth-order valence-corrected chi connectivity index (χ4v) is 4.06. The molecule has 3 rings (SSSR count). The average molecular weight is 429 g/mol. The second-order valence-corrected chi connectivity index (χ2v) is 7.97. The molecular formula is C28H32N2O2. The smallest absolute Gasteiger partial charge is 0.119 e. The zero-order valence-corrected chi connectivity index (χ0v) is 19.3. The van der Waals surface area contributed by atoms with Crippen LogP contribution in [0.3, 0.4) is 0 Å². The maximum Gasteiger partial charge on any atom is 0.119 e. The van der Waals surface area contributed by atoms with E-state index in [-0.39, 0.29) is 0 Å². The van der Waals surface area contributed by atoms with E-state index in [1.165, 1.54) is 5.56 Å². The Kier molecular flexibility index (Phi) is 7.26. The van der Waals surface area contributed by atoms with Gasteiger partial charge in [0.25, 0.3) is 0 Å². The van der Waals surface area contributed by atoms with Gasteiger partial charge in [-0.3, -0.25) is 0 Å². The first kappa shape index (κ1) is 23.0. The lowest BCUT2D eigenvalue weighted by molar-refractivity contribution is 0.411. The standard InChI is InChI=1S/C28H32N2O2/c1-5-9-20-10-6-7-11-21(20)12-8-17-28(2,24-18-22(31-3)13-15-26(24)29)25-19-23(32-4)14-16-27(25)30/h5-16,18-19H,17,29-30H2,1-4H3/b9-5-,12-8-. The topological polar surface area (TPSA) is 70.5 Å². The van der Waals surface area contributed by atoms with Gasteiger partial charge in [0, 0.05) is 16.8 Å². The lowest BCUT2D eigenvalue weighted by atomic mass is 9.72. The number of hydrogen-bond donors (Lipinski definition) is 2. The van der Waals surface area contributed by atoms with Crippen LogP contribution in [0.25, 0.3) is 12.2 Å². The van der Waals surface area contributed by atoms with Crippen molar-refractivity contribution >= 4 is 23.5 Å². The zero-order valence-electron chi connectivity index (χ0n) is 19.3. The van der Waals surface area contributed by atoms with Gasteiger partial charge in [-0.05, 0) is 72.0 Å². The van der Waals surface area contributed by atoms with Crippen LogP contribution in [0.1, 0.15) is 42.5 Å². The molecule has 166 valence electrons. The fourth-order valence-electron chi connectivity index (χ4n) is 4.06. The molecule has 0 bridgehead atoms. The number of nitrogen functional groups attached to an aromatic ring is 2. The van der Waals surface area contributed by atoms with Crippen LogP contribution in [0.4, 0.5) is 11.4 Å². The molecular weight excluding hydrogens is 396 g/mol. The van der Waals surface area contributed by atoms with Crippen LogP contribution in [-0.4, -0.2) is 14.2 Å². The van der Waals surface area contributed by atoms with Gasteiger partial charge in [0.1, 0.15) is 11.5 Å². The van der Waals surface area contributed by atoms with Crippen LogP contribution >= 0.6 is 0 Å². The SMILES string of the molecule is C/C=C\c1ccccc1/C=C\CC(C)(c1cc(OC)ccc1N)c1cc(OC)ccc1N. The Bertz CT molecular complexity index is 1080. The van der Waals surface area contributed by atoms with Crippen LogP contribution in [0.15, 0.2) is 72.8 Å². The van der Waals surface area contributed by atoms with E-state index in [1.54, 1.807) is 14.2 Å². The van der Waals surface area contributed by atoms with E-state index in [2.05, 4.69) is 37.3 Å². The Labute approximate surface area is 191 Å². The molecule has 0 aliphatic rings. The van der Waals surface area contributed by atoms with Crippen molar-refractivity contribution in [2.24, 2.45) is 0 Å². The molecule has 32 heavy (non-hydrogen) atoms. The lowest BCUT2D eigenvalue weighted by Gasteiger charge is -2.33. The monoisotopic (exact) mass is 428 g/mol. The van der Waals surface area contributed by atoms with E-state index in [1.807, 2.05) is 61.5 Å². The molecule has 0 unspecified atom stereocenters. The summed E-state index contributed by atoms with van der Waals surface area (Å²) in [7, 11) is 3.31. The summed E-state index contributed by atoms with van der Waals surface area (Å²) in [6.07, 6.45) is 9.18. The quantitative estimate of drug-likeness (QED) is 0.412. The molecule has 0 fully saturated rings. The van der Waals surface area contributed by atoms with E-state index < -0.39 is 5.41 Å². The molecule has 0 aromatic heterocycles. The van der Waals surface area contributed by atoms with Gasteiger partial charge in [-0.25, -0.2) is 0 Å². The van der Waals surface area contributed by atoms with Crippen molar-refractivity contribution in [3.05, 3.63) is 95.1 Å². The Hall–Kier alpha value is -3.66. The highest BCUT2D eigenvalue weighted by Gasteiger charge is 2.32. The third-order valence-corrected chi connectivity index (χ3v) is 5.88. The van der Waals surface area contributed by atoms with Crippen molar-refractivity contribution in [2.75, 3.05) is 25.7 Å². The Morgan fingerprint density at radius 3 is 1.75 bits per heavy atom. The Balaban J connectivity index is 2.12. The Morgan fingerprint density at radius 2 is 1.28 bits per heavy atom. The average Bonchev–Trinajstić information content (AvgIpc) is 2.81. The largest absolute Gasteiger partial charge is 0.497 e. The molecule has 4 N–H and O–H groups in total. The summed E-state index contributed by atoms with van der Waals surface area (Å²) in [5.41, 5.74) is 18.1. The zero-order chi connectivity index (χ0) is 23.1. The van der Waals surface area contributed by atoms with Crippen LogP contribution in [-0.2, 0) is 5.41 Å². The van der Waals surface area contributed by atoms with E-state index in [0.717, 1.165) is 28.2 Å². The maximum absolute atomic E-state index is 6.47. The Morgan fingerprint density at radius 1 is 0.781 bits per heavy atom. The van der Waals surface area contributed by atoms with Crippen molar-refractivity contribution < 1.29 is 9.47 Å². The van der Waals surface area contributed by atoms with E-state index in [4.69, 9.17) is 20.9 Å². The van der Waals surface area contributed by atoms with Gasteiger partial charge >= 0.3 is 0 Å². The minimum absolute atomic E-state index is 0.497. The first-order valence-electron chi connectivity index (χ1n) is 10.7. The van der Waals surface area contributed by atoms with Crippen molar-refractivity contribution in [3.8, 4) is 11.5 Å². The van der Waals surface area contributed by atoms with Gasteiger partial charge < -0.3 is 20.9 Å². The van der Waals surface area contributed by atoms with Crippen LogP contribution in [0, 0.1) is 0 Å². The van der Waals surface area contributed by atoms with Crippen molar-refractivity contribution in [1.29, 1.82) is 0 Å². The third-order valence-electron chi connectivity index (χ3n) is 5.88. The second kappa shape index (κ2) is 10.1. The van der Waals surface area contributed by atoms with Gasteiger partial charge in [0.05, 0.1) is 14.2 Å². The molecule has 0 aliphatic carbocycles. The first-order chi connectivity index (χ1) is 15.4. The number of ether oxygens (including phenoxy) is 2. The number of anilines is 2. The number of rotatable bonds is 8. The summed E-state index contributed by atoms with van der Waals surface area (Å²) >= 11 is 0. The highest BCUT2D eigenvalue weighted by molar-refractivity contribution is 5.67. The highest BCUT2D eigenvalue weighted by atomic mass is 16.5. The predicted molar refractivity (Wildman–Crippen MR) is 136 cm³/mol.